The van der Waals surface area contributed by atoms with Gasteiger partial charge in [0.2, 0.25) is 5.91 Å². The molecule has 0 saturated heterocycles. The van der Waals surface area contributed by atoms with Crippen LogP contribution in [-0.4, -0.2) is 30.3 Å². The summed E-state index contributed by atoms with van der Waals surface area (Å²) in [6.45, 7) is 8.37. The lowest BCUT2D eigenvalue weighted by atomic mass is 10.1. The highest BCUT2D eigenvalue weighted by atomic mass is 16.5. The Morgan fingerprint density at radius 3 is 2.25 bits per heavy atom. The number of ether oxygens (including phenoxy) is 1. The zero-order chi connectivity index (χ0) is 23.3. The highest BCUT2D eigenvalue weighted by Gasteiger charge is 2.17. The Balaban J connectivity index is 1.61. The van der Waals surface area contributed by atoms with Gasteiger partial charge in [0.1, 0.15) is 12.4 Å². The second kappa shape index (κ2) is 10.1. The Morgan fingerprint density at radius 1 is 0.875 bits per heavy atom. The third kappa shape index (κ3) is 5.97. The van der Waals surface area contributed by atoms with Crippen molar-refractivity contribution in [3.8, 4) is 5.75 Å². The van der Waals surface area contributed by atoms with Gasteiger partial charge in [0, 0.05) is 18.3 Å². The molecule has 1 N–H and O–H groups in total. The number of aryl methyl sites for hydroxylation is 4. The molecule has 0 aromatic heterocycles. The summed E-state index contributed by atoms with van der Waals surface area (Å²) in [6, 6.07) is 19.2. The van der Waals surface area contributed by atoms with Crippen LogP contribution in [0.3, 0.4) is 0 Å². The van der Waals surface area contributed by atoms with Crippen LogP contribution in [0.1, 0.15) is 38.2 Å². The molecule has 0 saturated carbocycles. The Labute approximate surface area is 190 Å². The van der Waals surface area contributed by atoms with Gasteiger partial charge in [-0.1, -0.05) is 53.6 Å². The van der Waals surface area contributed by atoms with Gasteiger partial charge < -0.3 is 15.0 Å². The molecule has 0 spiro atoms. The largest absolute Gasteiger partial charge is 0.489 e. The smallest absolute Gasteiger partial charge is 0.254 e. The highest BCUT2D eigenvalue weighted by molar-refractivity contribution is 6.00. The molecule has 166 valence electrons. The van der Waals surface area contributed by atoms with Crippen molar-refractivity contribution in [2.24, 2.45) is 0 Å². The van der Waals surface area contributed by atoms with E-state index in [0.717, 1.165) is 27.9 Å². The van der Waals surface area contributed by atoms with Crippen molar-refractivity contribution < 1.29 is 14.3 Å². The van der Waals surface area contributed by atoms with Crippen LogP contribution in [0.4, 0.5) is 5.69 Å². The SMILES string of the molecule is Cc1cccc(COc2cccc(C(=O)N(C)CC(=O)Nc3c(C)cc(C)cc3C)c2)c1. The van der Waals surface area contributed by atoms with Gasteiger partial charge in [-0.15, -0.1) is 0 Å². The van der Waals surface area contributed by atoms with Gasteiger partial charge >= 0.3 is 0 Å². The van der Waals surface area contributed by atoms with Gasteiger partial charge in [0.15, 0.2) is 0 Å². The van der Waals surface area contributed by atoms with Crippen molar-refractivity contribution in [3.05, 3.63) is 94.0 Å². The van der Waals surface area contributed by atoms with E-state index in [1.807, 2.05) is 64.1 Å². The first-order valence-electron chi connectivity index (χ1n) is 10.6. The molecule has 3 aromatic carbocycles. The van der Waals surface area contributed by atoms with Crippen LogP contribution in [0.25, 0.3) is 0 Å². The molecule has 0 aliphatic heterocycles. The fourth-order valence-electron chi connectivity index (χ4n) is 3.75. The van der Waals surface area contributed by atoms with Crippen molar-refractivity contribution in [3.63, 3.8) is 0 Å². The van der Waals surface area contributed by atoms with Gasteiger partial charge in [0.05, 0.1) is 6.54 Å². The number of hydrogen-bond donors (Lipinski definition) is 1. The Bertz CT molecular complexity index is 1110. The number of hydrogen-bond acceptors (Lipinski definition) is 3. The second-order valence-electron chi connectivity index (χ2n) is 8.29. The minimum Gasteiger partial charge on any atom is -0.489 e. The molecule has 5 heteroatoms. The summed E-state index contributed by atoms with van der Waals surface area (Å²) in [7, 11) is 1.62. The summed E-state index contributed by atoms with van der Waals surface area (Å²) in [5, 5.41) is 2.94. The first-order chi connectivity index (χ1) is 15.2. The predicted octanol–water partition coefficient (Wildman–Crippen LogP) is 5.21. The average molecular weight is 431 g/mol. The van der Waals surface area contributed by atoms with E-state index >= 15 is 0 Å². The predicted molar refractivity (Wildman–Crippen MR) is 128 cm³/mol. The maximum atomic E-state index is 12.9. The molecule has 5 nitrogen and oxygen atoms in total. The van der Waals surface area contributed by atoms with E-state index in [0.29, 0.717) is 17.9 Å². The fourth-order valence-corrected chi connectivity index (χ4v) is 3.75. The first-order valence-corrected chi connectivity index (χ1v) is 10.6. The number of nitrogens with one attached hydrogen (secondary N) is 1. The molecule has 0 heterocycles. The molecule has 2 amide bonds. The minimum atomic E-state index is -0.237. The van der Waals surface area contributed by atoms with Crippen LogP contribution in [0.2, 0.25) is 0 Å². The van der Waals surface area contributed by atoms with E-state index in [4.69, 9.17) is 4.74 Å². The van der Waals surface area contributed by atoms with E-state index < -0.39 is 0 Å². The van der Waals surface area contributed by atoms with E-state index in [-0.39, 0.29) is 18.4 Å². The lowest BCUT2D eigenvalue weighted by molar-refractivity contribution is -0.116. The van der Waals surface area contributed by atoms with Crippen molar-refractivity contribution in [1.29, 1.82) is 0 Å². The third-order valence-corrected chi connectivity index (χ3v) is 5.24. The zero-order valence-electron chi connectivity index (χ0n) is 19.4. The van der Waals surface area contributed by atoms with Crippen LogP contribution >= 0.6 is 0 Å². The number of carbonyl (C=O) groups excluding carboxylic acids is 2. The van der Waals surface area contributed by atoms with Gasteiger partial charge in [0.25, 0.3) is 5.91 Å². The lowest BCUT2D eigenvalue weighted by Gasteiger charge is -2.19. The lowest BCUT2D eigenvalue weighted by Crippen LogP contribution is -2.35. The number of benzene rings is 3. The molecule has 0 aliphatic rings. The van der Waals surface area contributed by atoms with Crippen LogP contribution in [-0.2, 0) is 11.4 Å². The second-order valence-corrected chi connectivity index (χ2v) is 8.29. The minimum absolute atomic E-state index is 0.0417. The van der Waals surface area contributed by atoms with E-state index in [9.17, 15) is 9.59 Å². The quantitative estimate of drug-likeness (QED) is 0.560. The molecule has 0 atom stereocenters. The van der Waals surface area contributed by atoms with Crippen LogP contribution in [0.5, 0.6) is 5.75 Å². The van der Waals surface area contributed by atoms with Gasteiger partial charge in [-0.05, 0) is 62.6 Å². The molecule has 0 aliphatic carbocycles. The summed E-state index contributed by atoms with van der Waals surface area (Å²) in [5.41, 5.74) is 6.67. The van der Waals surface area contributed by atoms with Crippen LogP contribution in [0, 0.1) is 27.7 Å². The number of amides is 2. The summed E-state index contributed by atoms with van der Waals surface area (Å²) in [4.78, 5) is 26.9. The van der Waals surface area contributed by atoms with Gasteiger partial charge in [-0.3, -0.25) is 9.59 Å². The molecule has 0 radical (unpaired) electrons. The monoisotopic (exact) mass is 430 g/mol. The number of likely N-dealkylation sites (N-methyl/N-ethyl adjacent to an activating group) is 1. The molecule has 3 aromatic rings. The third-order valence-electron chi connectivity index (χ3n) is 5.24. The summed E-state index contributed by atoms with van der Waals surface area (Å²) in [5.74, 6) is 0.141. The number of rotatable bonds is 7. The molecule has 3 rings (SSSR count). The van der Waals surface area contributed by atoms with E-state index in [1.54, 1.807) is 25.2 Å². The fraction of sp³-hybridized carbons (Fsp3) is 0.259. The van der Waals surface area contributed by atoms with Crippen molar-refractivity contribution in [2.75, 3.05) is 18.9 Å². The number of nitrogens with zero attached hydrogens (tertiary/aromatic N) is 1. The summed E-state index contributed by atoms with van der Waals surface area (Å²) in [6.07, 6.45) is 0. The average Bonchev–Trinajstić information content (AvgIpc) is 2.74. The first kappa shape index (κ1) is 23.1. The van der Waals surface area contributed by atoms with Crippen molar-refractivity contribution >= 4 is 17.5 Å². The standard InChI is InChI=1S/C27H30N2O3/c1-18-8-6-9-22(14-18)17-32-24-11-7-10-23(15-24)27(31)29(5)16-25(30)28-26-20(3)12-19(2)13-21(26)4/h6-15H,16-17H2,1-5H3,(H,28,30). The van der Waals surface area contributed by atoms with Gasteiger partial charge in [-0.2, -0.15) is 0 Å². The topological polar surface area (TPSA) is 58.6 Å². The van der Waals surface area contributed by atoms with E-state index in [2.05, 4.69) is 11.4 Å². The maximum Gasteiger partial charge on any atom is 0.254 e. The highest BCUT2D eigenvalue weighted by Crippen LogP contribution is 2.22. The number of carbonyl (C=O) groups is 2. The normalized spacial score (nSPS) is 10.5. The summed E-state index contributed by atoms with van der Waals surface area (Å²) >= 11 is 0. The Hall–Kier alpha value is -3.60. The van der Waals surface area contributed by atoms with Crippen LogP contribution in [0.15, 0.2) is 60.7 Å². The van der Waals surface area contributed by atoms with Gasteiger partial charge in [-0.25, -0.2) is 0 Å². The number of anilines is 1. The molecular formula is C27H30N2O3. The zero-order valence-corrected chi connectivity index (χ0v) is 19.4. The van der Waals surface area contributed by atoms with Crippen molar-refractivity contribution in [1.82, 2.24) is 4.90 Å². The molecule has 0 fully saturated rings. The molecule has 32 heavy (non-hydrogen) atoms. The Morgan fingerprint density at radius 2 is 1.56 bits per heavy atom. The maximum absolute atomic E-state index is 12.9. The Kier molecular flexibility index (Phi) is 7.31. The summed E-state index contributed by atoms with van der Waals surface area (Å²) < 4.78 is 5.86. The van der Waals surface area contributed by atoms with Crippen LogP contribution < -0.4 is 10.1 Å². The molecule has 0 unspecified atom stereocenters. The molecular weight excluding hydrogens is 400 g/mol. The van der Waals surface area contributed by atoms with E-state index in [1.165, 1.54) is 10.5 Å². The van der Waals surface area contributed by atoms with Crippen molar-refractivity contribution in [2.45, 2.75) is 34.3 Å². The molecule has 0 bridgehead atoms.